The van der Waals surface area contributed by atoms with Gasteiger partial charge < -0.3 is 9.88 Å². The molecule has 1 N–H and O–H groups in total. The molecule has 3 rings (SSSR count). The maximum atomic E-state index is 12.6. The maximum Gasteiger partial charge on any atom is 0.259 e. The first kappa shape index (κ1) is 17.0. The quantitative estimate of drug-likeness (QED) is 0.782. The van der Waals surface area contributed by atoms with Gasteiger partial charge >= 0.3 is 0 Å². The van der Waals surface area contributed by atoms with Gasteiger partial charge in [-0.2, -0.15) is 0 Å². The number of aryl methyl sites for hydroxylation is 1. The second kappa shape index (κ2) is 6.93. The van der Waals surface area contributed by atoms with Crippen LogP contribution in [0.15, 0.2) is 59.4 Å². The van der Waals surface area contributed by atoms with Crippen molar-refractivity contribution in [1.82, 2.24) is 4.57 Å². The first-order valence-corrected chi connectivity index (χ1v) is 8.44. The van der Waals surface area contributed by atoms with Crippen LogP contribution in [-0.2, 0) is 11.3 Å². The van der Waals surface area contributed by atoms with Gasteiger partial charge in [0.15, 0.2) is 0 Å². The van der Waals surface area contributed by atoms with Crippen molar-refractivity contribution in [2.75, 3.05) is 5.32 Å². The number of hydrogen-bond acceptors (Lipinski definition) is 2. The minimum absolute atomic E-state index is 0.00142. The Hall–Kier alpha value is -2.88. The summed E-state index contributed by atoms with van der Waals surface area (Å²) in [7, 11) is 0. The van der Waals surface area contributed by atoms with Crippen molar-refractivity contribution in [3.05, 3.63) is 76.2 Å². The smallest absolute Gasteiger partial charge is 0.259 e. The van der Waals surface area contributed by atoms with Crippen LogP contribution in [0.2, 0.25) is 0 Å². The summed E-state index contributed by atoms with van der Waals surface area (Å²) in [6.45, 7) is 6.10. The molecule has 1 amide bonds. The fourth-order valence-corrected chi connectivity index (χ4v) is 2.92. The van der Waals surface area contributed by atoms with E-state index in [-0.39, 0.29) is 18.0 Å². The molecule has 1 heterocycles. The summed E-state index contributed by atoms with van der Waals surface area (Å²) in [4.78, 5) is 25.0. The number of nitrogens with zero attached hydrogens (tertiary/aromatic N) is 1. The predicted octanol–water partition coefficient (Wildman–Crippen LogP) is 4.07. The maximum absolute atomic E-state index is 12.6. The molecule has 0 unspecified atom stereocenters. The molecule has 4 heteroatoms. The Morgan fingerprint density at radius 1 is 1.08 bits per heavy atom. The zero-order chi connectivity index (χ0) is 18.0. The standard InChI is InChI=1S/C21H22N2O2/c1-14(2)16-8-10-18(11-9-16)22-20(24)13-23-15(3)12-17-6-4-5-7-19(17)21(23)25/h4-12,14H,13H2,1-3H3,(H,22,24). The van der Waals surface area contributed by atoms with E-state index in [0.29, 0.717) is 11.3 Å². The van der Waals surface area contributed by atoms with Crippen molar-refractivity contribution >= 4 is 22.4 Å². The molecule has 128 valence electrons. The predicted molar refractivity (Wildman–Crippen MR) is 102 cm³/mol. The van der Waals surface area contributed by atoms with E-state index in [4.69, 9.17) is 0 Å². The highest BCUT2D eigenvalue weighted by Crippen LogP contribution is 2.17. The number of rotatable bonds is 4. The summed E-state index contributed by atoms with van der Waals surface area (Å²) in [5.41, 5.74) is 2.59. The average Bonchev–Trinajstić information content (AvgIpc) is 2.59. The average molecular weight is 334 g/mol. The van der Waals surface area contributed by atoms with Gasteiger partial charge in [0.2, 0.25) is 5.91 Å². The van der Waals surface area contributed by atoms with Gasteiger partial charge in [-0.15, -0.1) is 0 Å². The molecule has 0 aliphatic carbocycles. The first-order valence-electron chi connectivity index (χ1n) is 8.44. The molecule has 0 bridgehead atoms. The minimum atomic E-state index is -0.210. The van der Waals surface area contributed by atoms with Crippen LogP contribution in [0.3, 0.4) is 0 Å². The van der Waals surface area contributed by atoms with Gasteiger partial charge in [-0.25, -0.2) is 0 Å². The van der Waals surface area contributed by atoms with Crippen molar-refractivity contribution in [1.29, 1.82) is 0 Å². The van der Waals surface area contributed by atoms with Gasteiger partial charge in [0.05, 0.1) is 0 Å². The Morgan fingerprint density at radius 3 is 2.44 bits per heavy atom. The van der Waals surface area contributed by atoms with Gasteiger partial charge in [0.25, 0.3) is 5.56 Å². The Labute approximate surface area is 147 Å². The second-order valence-corrected chi connectivity index (χ2v) is 6.59. The molecule has 2 aromatic carbocycles. The summed E-state index contributed by atoms with van der Waals surface area (Å²) in [6, 6.07) is 17.2. The van der Waals surface area contributed by atoms with E-state index >= 15 is 0 Å². The molecule has 0 atom stereocenters. The lowest BCUT2D eigenvalue weighted by atomic mass is 10.0. The van der Waals surface area contributed by atoms with Crippen LogP contribution in [0.5, 0.6) is 0 Å². The van der Waals surface area contributed by atoms with E-state index in [9.17, 15) is 9.59 Å². The fourth-order valence-electron chi connectivity index (χ4n) is 2.92. The van der Waals surface area contributed by atoms with Crippen LogP contribution < -0.4 is 10.9 Å². The van der Waals surface area contributed by atoms with E-state index in [1.165, 1.54) is 10.1 Å². The lowest BCUT2D eigenvalue weighted by Crippen LogP contribution is -2.29. The van der Waals surface area contributed by atoms with Gasteiger partial charge in [0, 0.05) is 16.8 Å². The van der Waals surface area contributed by atoms with E-state index < -0.39 is 0 Å². The Kier molecular flexibility index (Phi) is 4.70. The monoisotopic (exact) mass is 334 g/mol. The lowest BCUT2D eigenvalue weighted by Gasteiger charge is -2.12. The number of nitrogens with one attached hydrogen (secondary N) is 1. The van der Waals surface area contributed by atoms with Crippen LogP contribution in [0.25, 0.3) is 10.8 Å². The number of carbonyl (C=O) groups is 1. The molecule has 0 fully saturated rings. The van der Waals surface area contributed by atoms with E-state index in [1.807, 2.05) is 55.5 Å². The SMILES string of the molecule is Cc1cc2ccccc2c(=O)n1CC(=O)Nc1ccc(C(C)C)cc1. The zero-order valence-electron chi connectivity index (χ0n) is 14.7. The third-order valence-electron chi connectivity index (χ3n) is 4.39. The second-order valence-electron chi connectivity index (χ2n) is 6.59. The van der Waals surface area contributed by atoms with E-state index in [0.717, 1.165) is 16.8 Å². The molecule has 0 aliphatic rings. The first-order chi connectivity index (χ1) is 12.0. The number of anilines is 1. The molecule has 0 radical (unpaired) electrons. The van der Waals surface area contributed by atoms with E-state index in [1.54, 1.807) is 6.07 Å². The molecule has 0 aliphatic heterocycles. The van der Waals surface area contributed by atoms with Crippen molar-refractivity contribution < 1.29 is 4.79 Å². The minimum Gasteiger partial charge on any atom is -0.325 e. The van der Waals surface area contributed by atoms with Crippen LogP contribution in [0.4, 0.5) is 5.69 Å². The normalized spacial score (nSPS) is 11.0. The van der Waals surface area contributed by atoms with Crippen LogP contribution >= 0.6 is 0 Å². The highest BCUT2D eigenvalue weighted by atomic mass is 16.2. The molecule has 4 nitrogen and oxygen atoms in total. The number of amides is 1. The Balaban J connectivity index is 1.81. The van der Waals surface area contributed by atoms with Gasteiger partial charge in [-0.05, 0) is 48.1 Å². The highest BCUT2D eigenvalue weighted by Gasteiger charge is 2.10. The van der Waals surface area contributed by atoms with E-state index in [2.05, 4.69) is 19.2 Å². The summed E-state index contributed by atoms with van der Waals surface area (Å²) in [5, 5.41) is 4.38. The van der Waals surface area contributed by atoms with Crippen LogP contribution in [0, 0.1) is 6.92 Å². The largest absolute Gasteiger partial charge is 0.325 e. The number of aromatic nitrogens is 1. The molecule has 3 aromatic rings. The summed E-state index contributed by atoms with van der Waals surface area (Å²) < 4.78 is 1.51. The number of benzene rings is 2. The molecule has 0 saturated carbocycles. The fraction of sp³-hybridized carbons (Fsp3) is 0.238. The molecular weight excluding hydrogens is 312 g/mol. The molecule has 25 heavy (non-hydrogen) atoms. The van der Waals surface area contributed by atoms with Crippen molar-refractivity contribution in [2.24, 2.45) is 0 Å². The van der Waals surface area contributed by atoms with Crippen LogP contribution in [-0.4, -0.2) is 10.5 Å². The third kappa shape index (κ3) is 3.63. The van der Waals surface area contributed by atoms with Crippen molar-refractivity contribution in [3.63, 3.8) is 0 Å². The molecule has 1 aromatic heterocycles. The van der Waals surface area contributed by atoms with Gasteiger partial charge in [-0.1, -0.05) is 44.2 Å². The molecular formula is C21H22N2O2. The molecule has 0 spiro atoms. The number of pyridine rings is 1. The summed E-state index contributed by atoms with van der Waals surface area (Å²) >= 11 is 0. The Morgan fingerprint density at radius 2 is 1.76 bits per heavy atom. The highest BCUT2D eigenvalue weighted by molar-refractivity contribution is 5.91. The van der Waals surface area contributed by atoms with Crippen molar-refractivity contribution in [2.45, 2.75) is 33.2 Å². The number of fused-ring (bicyclic) bond motifs is 1. The van der Waals surface area contributed by atoms with Gasteiger partial charge in [-0.3, -0.25) is 9.59 Å². The van der Waals surface area contributed by atoms with Gasteiger partial charge in [0.1, 0.15) is 6.54 Å². The summed E-state index contributed by atoms with van der Waals surface area (Å²) in [5.74, 6) is 0.237. The third-order valence-corrected chi connectivity index (χ3v) is 4.39. The van der Waals surface area contributed by atoms with Crippen molar-refractivity contribution in [3.8, 4) is 0 Å². The topological polar surface area (TPSA) is 51.1 Å². The Bertz CT molecular complexity index is 969. The van der Waals surface area contributed by atoms with Crippen LogP contribution in [0.1, 0.15) is 31.0 Å². The molecule has 0 saturated heterocycles. The number of hydrogen-bond donors (Lipinski definition) is 1. The summed E-state index contributed by atoms with van der Waals surface area (Å²) in [6.07, 6.45) is 0. The lowest BCUT2D eigenvalue weighted by molar-refractivity contribution is -0.116. The number of carbonyl (C=O) groups excluding carboxylic acids is 1. The zero-order valence-corrected chi connectivity index (χ0v) is 14.7.